The topological polar surface area (TPSA) is 169 Å². The number of carbonyl (C=O) groups is 3. The van der Waals surface area contributed by atoms with Crippen LogP contribution in [0.5, 0.6) is 11.6 Å². The highest BCUT2D eigenvalue weighted by Crippen LogP contribution is 2.57. The first-order valence-corrected chi connectivity index (χ1v) is 23.2. The molecule has 0 unspecified atom stereocenters. The van der Waals surface area contributed by atoms with E-state index in [4.69, 9.17) is 19.4 Å². The van der Waals surface area contributed by atoms with Crippen LogP contribution in [0.15, 0.2) is 41.8 Å². The second-order valence-electron chi connectivity index (χ2n) is 18.4. The summed E-state index contributed by atoms with van der Waals surface area (Å²) in [6.45, 7) is 11.4. The summed E-state index contributed by atoms with van der Waals surface area (Å²) in [5, 5.41) is 9.50. The lowest BCUT2D eigenvalue weighted by atomic mass is 9.85. The Balaban J connectivity index is 1.15. The number of pyridine rings is 1. The van der Waals surface area contributed by atoms with E-state index in [2.05, 4.69) is 29.2 Å². The van der Waals surface area contributed by atoms with Crippen molar-refractivity contribution in [1.29, 1.82) is 0 Å². The third-order valence-corrected chi connectivity index (χ3v) is 15.0. The molecule has 3 heterocycles. The molecule has 4 aromatic rings. The van der Waals surface area contributed by atoms with Crippen LogP contribution in [0.25, 0.3) is 21.5 Å². The molecule has 3 amide bonds. The number of amides is 3. The van der Waals surface area contributed by atoms with Gasteiger partial charge in [0.25, 0.3) is 5.91 Å². The van der Waals surface area contributed by atoms with Gasteiger partial charge in [0.15, 0.2) is 0 Å². The number of methoxy groups -OCH3 is 1. The first-order chi connectivity index (χ1) is 28.8. The van der Waals surface area contributed by atoms with Gasteiger partial charge in [0.2, 0.25) is 27.7 Å². The molecule has 4 aliphatic rings. The normalized spacial score (nSPS) is 23.2. The Hall–Kier alpha value is -4.90. The minimum atomic E-state index is -3.91. The van der Waals surface area contributed by atoms with Crippen LogP contribution in [0.3, 0.4) is 0 Å². The van der Waals surface area contributed by atoms with E-state index in [0.29, 0.717) is 34.7 Å². The maximum absolute atomic E-state index is 14.9. The molecule has 0 radical (unpaired) electrons. The first-order valence-electron chi connectivity index (χ1n) is 20.8. The Morgan fingerprint density at radius 1 is 1.00 bits per heavy atom. The molecule has 0 spiro atoms. The summed E-state index contributed by atoms with van der Waals surface area (Å²) in [6, 6.07) is 6.26. The number of fused-ring (bicyclic) bond motifs is 1. The molecule has 3 N–H and O–H groups in total. The second kappa shape index (κ2) is 15.8. The summed E-state index contributed by atoms with van der Waals surface area (Å²) in [5.74, 6) is -2.57. The largest absolute Gasteiger partial charge is 0.496 e. The van der Waals surface area contributed by atoms with Gasteiger partial charge in [-0.1, -0.05) is 34.6 Å². The highest BCUT2D eigenvalue weighted by atomic mass is 32.2. The van der Waals surface area contributed by atoms with Crippen molar-refractivity contribution in [3.63, 3.8) is 0 Å². The van der Waals surface area contributed by atoms with Crippen LogP contribution >= 0.6 is 11.3 Å². The summed E-state index contributed by atoms with van der Waals surface area (Å²) in [5.41, 5.74) is 0.0903. The molecule has 4 fully saturated rings. The standard InChI is InChI=1S/C44H52F2N6O7S2/c1-22(2)34-21-60-40(49-34)33-18-31-23(3)36(58-7)13-12-30(31)39(48-33)59-28-17-35(52(20-28)41(54)37(43(4,5)6)47-27-15-25(45)14-26(46)16-27)38(53)50-44(19-32(44)24-8-9-24)42(55)51-61(56,57)29-10-11-29/h12-16,18,21-22,24,28-29,32,35,37,47H,8-11,17,19-20H2,1-7H3,(H,50,53)(H,51,55)/t28-,32+,35+,37-,44-/m1/s1. The molecule has 3 saturated carbocycles. The van der Waals surface area contributed by atoms with Gasteiger partial charge < -0.3 is 25.0 Å². The quantitative estimate of drug-likeness (QED) is 0.122. The summed E-state index contributed by atoms with van der Waals surface area (Å²) in [6.07, 6.45) is 2.12. The average Bonchev–Trinajstić information content (AvgIpc) is 4.13. The number of carbonyl (C=O) groups excluding carboxylic acids is 3. The number of likely N-dealkylation sites (tertiary alicyclic amines) is 1. The van der Waals surface area contributed by atoms with Gasteiger partial charge in [0.05, 0.1) is 24.6 Å². The van der Waals surface area contributed by atoms with Gasteiger partial charge in [-0.05, 0) is 103 Å². The van der Waals surface area contributed by atoms with Crippen molar-refractivity contribution in [2.75, 3.05) is 19.0 Å². The smallest absolute Gasteiger partial charge is 0.259 e. The van der Waals surface area contributed by atoms with Gasteiger partial charge in [0, 0.05) is 28.9 Å². The summed E-state index contributed by atoms with van der Waals surface area (Å²) in [4.78, 5) is 54.7. The van der Waals surface area contributed by atoms with E-state index >= 15 is 0 Å². The maximum Gasteiger partial charge on any atom is 0.259 e. The third-order valence-electron chi connectivity index (χ3n) is 12.3. The number of anilines is 1. The van der Waals surface area contributed by atoms with Gasteiger partial charge in [0.1, 0.15) is 51.8 Å². The van der Waals surface area contributed by atoms with Crippen molar-refractivity contribution >= 4 is 55.5 Å². The molecule has 2 aromatic carbocycles. The van der Waals surface area contributed by atoms with Crippen molar-refractivity contribution < 1.29 is 41.1 Å². The molecule has 5 atom stereocenters. The number of rotatable bonds is 14. The zero-order valence-electron chi connectivity index (χ0n) is 35.3. The van der Waals surface area contributed by atoms with Gasteiger partial charge in [-0.3, -0.25) is 19.1 Å². The minimum absolute atomic E-state index is 0.00746. The predicted octanol–water partition coefficient (Wildman–Crippen LogP) is 6.85. The predicted molar refractivity (Wildman–Crippen MR) is 228 cm³/mol. The highest BCUT2D eigenvalue weighted by molar-refractivity contribution is 7.91. The van der Waals surface area contributed by atoms with Crippen LogP contribution in [0.4, 0.5) is 14.5 Å². The molecule has 1 saturated heterocycles. The molecule has 8 rings (SSSR count). The van der Waals surface area contributed by atoms with Crippen LogP contribution < -0.4 is 24.8 Å². The lowest BCUT2D eigenvalue weighted by Crippen LogP contribution is -2.58. The molecular formula is C44H52F2N6O7S2. The van der Waals surface area contributed by atoms with E-state index < -0.39 is 73.8 Å². The van der Waals surface area contributed by atoms with Crippen molar-refractivity contribution in [2.24, 2.45) is 17.3 Å². The maximum atomic E-state index is 14.9. The zero-order chi connectivity index (χ0) is 43.8. The van der Waals surface area contributed by atoms with Gasteiger partial charge in [-0.2, -0.15) is 0 Å². The fourth-order valence-corrected chi connectivity index (χ4v) is 10.8. The number of ether oxygens (including phenoxy) is 2. The monoisotopic (exact) mass is 878 g/mol. The molecule has 2 aromatic heterocycles. The van der Waals surface area contributed by atoms with Crippen LogP contribution in [0.1, 0.15) is 90.3 Å². The van der Waals surface area contributed by atoms with Crippen molar-refractivity contribution in [3.05, 3.63) is 64.7 Å². The number of benzene rings is 2. The first kappa shape index (κ1) is 42.8. The van der Waals surface area contributed by atoms with Crippen LogP contribution in [-0.2, 0) is 24.4 Å². The fourth-order valence-electron chi connectivity index (χ4n) is 8.46. The molecule has 13 nitrogen and oxygen atoms in total. The van der Waals surface area contributed by atoms with Crippen molar-refractivity contribution in [3.8, 4) is 22.3 Å². The summed E-state index contributed by atoms with van der Waals surface area (Å²) >= 11 is 1.46. The van der Waals surface area contributed by atoms with Gasteiger partial charge in [-0.15, -0.1) is 11.3 Å². The lowest BCUT2D eigenvalue weighted by molar-refractivity contribution is -0.141. The van der Waals surface area contributed by atoms with E-state index in [1.807, 2.05) is 30.5 Å². The Morgan fingerprint density at radius 2 is 1.70 bits per heavy atom. The number of halogens is 2. The number of aromatic nitrogens is 2. The fraction of sp³-hybridized carbons (Fsp3) is 0.523. The number of nitrogens with zero attached hydrogens (tertiary/aromatic N) is 3. The Kier molecular flexibility index (Phi) is 11.1. The van der Waals surface area contributed by atoms with Gasteiger partial charge in [-0.25, -0.2) is 27.2 Å². The number of hydrogen-bond donors (Lipinski definition) is 3. The second-order valence-corrected chi connectivity index (χ2v) is 21.2. The molecule has 17 heteroatoms. The highest BCUT2D eigenvalue weighted by Gasteiger charge is 2.67. The van der Waals surface area contributed by atoms with Crippen LogP contribution in [0.2, 0.25) is 0 Å². The third kappa shape index (κ3) is 8.64. The number of hydrogen-bond acceptors (Lipinski definition) is 11. The number of aryl methyl sites for hydroxylation is 1. The van der Waals surface area contributed by atoms with E-state index in [1.54, 1.807) is 27.9 Å². The molecular weight excluding hydrogens is 827 g/mol. The van der Waals surface area contributed by atoms with E-state index in [9.17, 15) is 31.6 Å². The number of thiazole rings is 1. The minimum Gasteiger partial charge on any atom is -0.496 e. The Labute approximate surface area is 358 Å². The molecule has 0 bridgehead atoms. The number of nitrogens with one attached hydrogen (secondary N) is 3. The van der Waals surface area contributed by atoms with Crippen LogP contribution in [-0.4, -0.2) is 83.6 Å². The zero-order valence-corrected chi connectivity index (χ0v) is 36.9. The van der Waals surface area contributed by atoms with Crippen LogP contribution in [0, 0.1) is 35.8 Å². The van der Waals surface area contributed by atoms with Gasteiger partial charge >= 0.3 is 0 Å². The number of sulfonamides is 1. The van der Waals surface area contributed by atoms with E-state index in [-0.39, 0.29) is 48.7 Å². The Morgan fingerprint density at radius 3 is 2.31 bits per heavy atom. The van der Waals surface area contributed by atoms with Crippen molar-refractivity contribution in [2.45, 2.75) is 115 Å². The molecule has 326 valence electrons. The SMILES string of the molecule is COc1ccc2c(O[C@@H]3C[C@@H](C(=O)N[C@]4(C(=O)NS(=O)(=O)C5CC5)C[C@H]4C4CC4)N(C(=O)[C@@H](Nc4cc(F)cc(F)c4)C(C)(C)C)C3)nc(-c3nc(C(C)C)cs3)cc2c1C. The summed E-state index contributed by atoms with van der Waals surface area (Å²) in [7, 11) is -2.32. The van der Waals surface area contributed by atoms with E-state index in [1.165, 1.54) is 16.2 Å². The molecule has 61 heavy (non-hydrogen) atoms. The summed E-state index contributed by atoms with van der Waals surface area (Å²) < 4.78 is 69.3. The van der Waals surface area contributed by atoms with E-state index in [0.717, 1.165) is 47.7 Å². The Bertz CT molecular complexity index is 2500. The average molecular weight is 879 g/mol. The lowest BCUT2D eigenvalue weighted by Gasteiger charge is -2.36. The van der Waals surface area contributed by atoms with Crippen molar-refractivity contribution in [1.82, 2.24) is 24.9 Å². The molecule has 1 aliphatic heterocycles. The molecule has 3 aliphatic carbocycles.